The lowest BCUT2D eigenvalue weighted by Crippen LogP contribution is -2.49. The SMILES string of the molecule is CCCCN=C1N=C(N(C)C)C2N=CN=C2N1. The second-order valence-electron chi connectivity index (χ2n) is 4.23. The highest BCUT2D eigenvalue weighted by molar-refractivity contribution is 6.24. The fourth-order valence-electron chi connectivity index (χ4n) is 1.67. The second kappa shape index (κ2) is 5.07. The molecule has 2 rings (SSSR count). The molecule has 1 N–H and O–H groups in total. The van der Waals surface area contributed by atoms with Gasteiger partial charge in [-0.2, -0.15) is 4.99 Å². The molecule has 2 heterocycles. The smallest absolute Gasteiger partial charge is 0.225 e. The third kappa shape index (κ3) is 2.51. The van der Waals surface area contributed by atoms with Crippen LogP contribution < -0.4 is 5.32 Å². The number of likely N-dealkylation sites (N-methyl/N-ethyl adjacent to an activating group) is 1. The molecule has 0 aliphatic carbocycles. The number of nitrogens with zero attached hydrogens (tertiary/aromatic N) is 5. The summed E-state index contributed by atoms with van der Waals surface area (Å²) in [7, 11) is 3.92. The largest absolute Gasteiger partial charge is 0.364 e. The number of fused-ring (bicyclic) bond motifs is 1. The lowest BCUT2D eigenvalue weighted by molar-refractivity contribution is 0.602. The average Bonchev–Trinajstić information content (AvgIpc) is 2.76. The van der Waals surface area contributed by atoms with Crippen molar-refractivity contribution in [2.24, 2.45) is 20.0 Å². The van der Waals surface area contributed by atoms with Crippen LogP contribution in [0.5, 0.6) is 0 Å². The molecule has 0 fully saturated rings. The van der Waals surface area contributed by atoms with Crippen LogP contribution in [0.3, 0.4) is 0 Å². The summed E-state index contributed by atoms with van der Waals surface area (Å²) in [6.07, 6.45) is 3.78. The molecule has 92 valence electrons. The molecule has 0 aromatic heterocycles. The van der Waals surface area contributed by atoms with Crippen LogP contribution >= 0.6 is 0 Å². The van der Waals surface area contributed by atoms with Crippen molar-refractivity contribution in [1.82, 2.24) is 10.2 Å². The highest BCUT2D eigenvalue weighted by atomic mass is 15.3. The zero-order valence-corrected chi connectivity index (χ0v) is 10.5. The van der Waals surface area contributed by atoms with Gasteiger partial charge in [0.15, 0.2) is 6.04 Å². The summed E-state index contributed by atoms with van der Waals surface area (Å²) in [5.41, 5.74) is 0. The Bertz CT molecular complexity index is 404. The van der Waals surface area contributed by atoms with Gasteiger partial charge in [-0.05, 0) is 6.42 Å². The molecule has 6 nitrogen and oxygen atoms in total. The number of hydrogen-bond acceptors (Lipinski definition) is 4. The van der Waals surface area contributed by atoms with E-state index in [4.69, 9.17) is 0 Å². The van der Waals surface area contributed by atoms with Crippen molar-refractivity contribution in [3.05, 3.63) is 0 Å². The standard InChI is InChI=1S/C11H18N6/c1-4-5-6-12-11-15-9-8(13-7-14-9)10(16-11)17(2)3/h7-8H,4-6H2,1-3H3,(H,12,13,14,15). The number of unbranched alkanes of at least 4 members (excludes halogenated alkanes) is 1. The summed E-state index contributed by atoms with van der Waals surface area (Å²) < 4.78 is 0. The fourth-order valence-corrected chi connectivity index (χ4v) is 1.67. The fraction of sp³-hybridized carbons (Fsp3) is 0.636. The number of hydrogen-bond donors (Lipinski definition) is 1. The van der Waals surface area contributed by atoms with Gasteiger partial charge in [0, 0.05) is 20.6 Å². The van der Waals surface area contributed by atoms with Crippen molar-refractivity contribution in [1.29, 1.82) is 0 Å². The number of guanidine groups is 1. The van der Waals surface area contributed by atoms with E-state index in [1.165, 1.54) is 0 Å². The Morgan fingerprint density at radius 1 is 1.47 bits per heavy atom. The van der Waals surface area contributed by atoms with E-state index in [1.54, 1.807) is 6.34 Å². The molecule has 0 saturated heterocycles. The summed E-state index contributed by atoms with van der Waals surface area (Å²) in [4.78, 5) is 19.3. The Morgan fingerprint density at radius 3 is 3.00 bits per heavy atom. The zero-order chi connectivity index (χ0) is 12.3. The molecule has 17 heavy (non-hydrogen) atoms. The van der Waals surface area contributed by atoms with Crippen LogP contribution in [0, 0.1) is 0 Å². The Hall–Kier alpha value is -1.72. The number of rotatable bonds is 3. The first kappa shape index (κ1) is 11.8. The van der Waals surface area contributed by atoms with Gasteiger partial charge in [-0.15, -0.1) is 0 Å². The Balaban J connectivity index is 2.18. The summed E-state index contributed by atoms with van der Waals surface area (Å²) in [5.74, 6) is 2.34. The van der Waals surface area contributed by atoms with Crippen LogP contribution in [0.4, 0.5) is 0 Å². The van der Waals surface area contributed by atoms with E-state index in [0.29, 0.717) is 5.96 Å². The Morgan fingerprint density at radius 2 is 2.29 bits per heavy atom. The molecule has 2 aliphatic heterocycles. The molecule has 0 bridgehead atoms. The molecule has 0 spiro atoms. The van der Waals surface area contributed by atoms with Gasteiger partial charge < -0.3 is 10.2 Å². The average molecular weight is 234 g/mol. The van der Waals surface area contributed by atoms with Crippen molar-refractivity contribution in [3.63, 3.8) is 0 Å². The van der Waals surface area contributed by atoms with E-state index in [9.17, 15) is 0 Å². The maximum Gasteiger partial charge on any atom is 0.225 e. The molecular formula is C11H18N6. The minimum absolute atomic E-state index is 0.0878. The lowest BCUT2D eigenvalue weighted by Gasteiger charge is -2.25. The van der Waals surface area contributed by atoms with Crippen LogP contribution in [-0.4, -0.2) is 55.6 Å². The third-order valence-corrected chi connectivity index (χ3v) is 2.61. The third-order valence-electron chi connectivity index (χ3n) is 2.61. The van der Waals surface area contributed by atoms with Crippen LogP contribution in [0.1, 0.15) is 19.8 Å². The molecule has 1 atom stereocenters. The monoisotopic (exact) mass is 234 g/mol. The van der Waals surface area contributed by atoms with Gasteiger partial charge in [0.2, 0.25) is 5.96 Å². The molecule has 0 saturated carbocycles. The minimum atomic E-state index is -0.0878. The van der Waals surface area contributed by atoms with Gasteiger partial charge in [-0.25, -0.2) is 4.99 Å². The predicted molar refractivity (Wildman–Crippen MR) is 71.2 cm³/mol. The first-order chi connectivity index (χ1) is 8.22. The van der Waals surface area contributed by atoms with Gasteiger partial charge in [0.05, 0.1) is 0 Å². The van der Waals surface area contributed by atoms with Crippen LogP contribution in [0.15, 0.2) is 20.0 Å². The molecule has 6 heteroatoms. The van der Waals surface area contributed by atoms with E-state index in [2.05, 4.69) is 32.2 Å². The molecule has 1 unspecified atom stereocenters. The van der Waals surface area contributed by atoms with Crippen molar-refractivity contribution in [2.45, 2.75) is 25.8 Å². The minimum Gasteiger partial charge on any atom is -0.364 e. The number of amidine groups is 2. The highest BCUT2D eigenvalue weighted by Crippen LogP contribution is 2.09. The topological polar surface area (TPSA) is 64.7 Å². The maximum absolute atomic E-state index is 4.48. The zero-order valence-electron chi connectivity index (χ0n) is 10.5. The first-order valence-electron chi connectivity index (χ1n) is 5.89. The van der Waals surface area contributed by atoms with Gasteiger partial charge in [-0.3, -0.25) is 9.98 Å². The van der Waals surface area contributed by atoms with E-state index in [-0.39, 0.29) is 6.04 Å². The molecular weight excluding hydrogens is 216 g/mol. The number of nitrogens with one attached hydrogen (secondary N) is 1. The highest BCUT2D eigenvalue weighted by Gasteiger charge is 2.30. The van der Waals surface area contributed by atoms with Gasteiger partial charge in [0.1, 0.15) is 18.0 Å². The summed E-state index contributed by atoms with van der Waals surface area (Å²) >= 11 is 0. The van der Waals surface area contributed by atoms with Crippen molar-refractivity contribution in [3.8, 4) is 0 Å². The second-order valence-corrected chi connectivity index (χ2v) is 4.23. The molecule has 2 aliphatic rings. The summed E-state index contributed by atoms with van der Waals surface area (Å²) in [6.45, 7) is 2.94. The van der Waals surface area contributed by atoms with Gasteiger partial charge in [-0.1, -0.05) is 13.3 Å². The van der Waals surface area contributed by atoms with Crippen LogP contribution in [-0.2, 0) is 0 Å². The first-order valence-corrected chi connectivity index (χ1v) is 5.89. The summed E-state index contributed by atoms with van der Waals surface area (Å²) in [6, 6.07) is -0.0878. The quantitative estimate of drug-likeness (QED) is 0.723. The van der Waals surface area contributed by atoms with E-state index < -0.39 is 0 Å². The van der Waals surface area contributed by atoms with E-state index >= 15 is 0 Å². The maximum atomic E-state index is 4.48. The van der Waals surface area contributed by atoms with Gasteiger partial charge >= 0.3 is 0 Å². The number of aliphatic imine (C=N–C) groups is 4. The molecule has 0 amide bonds. The van der Waals surface area contributed by atoms with E-state index in [1.807, 2.05) is 19.0 Å². The molecule has 0 aromatic rings. The molecule has 0 aromatic carbocycles. The van der Waals surface area contributed by atoms with Crippen molar-refractivity contribution in [2.75, 3.05) is 20.6 Å². The van der Waals surface area contributed by atoms with Crippen LogP contribution in [0.25, 0.3) is 0 Å². The summed E-state index contributed by atoms with van der Waals surface area (Å²) in [5, 5.41) is 3.12. The Kier molecular flexibility index (Phi) is 3.51. The van der Waals surface area contributed by atoms with Gasteiger partial charge in [0.25, 0.3) is 0 Å². The van der Waals surface area contributed by atoms with Crippen LogP contribution in [0.2, 0.25) is 0 Å². The van der Waals surface area contributed by atoms with E-state index in [0.717, 1.165) is 31.1 Å². The normalized spacial score (nSPS) is 24.2. The Labute approximate surface area is 101 Å². The lowest BCUT2D eigenvalue weighted by atomic mass is 10.2. The van der Waals surface area contributed by atoms with Crippen molar-refractivity contribution < 1.29 is 0 Å². The predicted octanol–water partition coefficient (Wildman–Crippen LogP) is 0.515. The van der Waals surface area contributed by atoms with Crippen molar-refractivity contribution >= 4 is 24.0 Å². The molecule has 0 radical (unpaired) electrons.